The minimum atomic E-state index is -0.909. The van der Waals surface area contributed by atoms with Crippen molar-refractivity contribution in [2.75, 3.05) is 12.4 Å². The molecule has 92 valence electrons. The molecule has 4 heteroatoms. The lowest BCUT2D eigenvalue weighted by Crippen LogP contribution is -2.17. The Balaban J connectivity index is 2.24. The molecule has 1 aliphatic rings. The number of aromatic carboxylic acids is 1. The molecule has 17 heavy (non-hydrogen) atoms. The molecule has 0 aromatic heterocycles. The summed E-state index contributed by atoms with van der Waals surface area (Å²) in [6.45, 7) is 0. The second-order valence-corrected chi connectivity index (χ2v) is 4.34. The fraction of sp³-hybridized carbons (Fsp3) is 0.462. The monoisotopic (exact) mass is 235 g/mol. The lowest BCUT2D eigenvalue weighted by molar-refractivity contribution is 0.0698. The molecule has 4 nitrogen and oxygen atoms in total. The molecule has 1 aliphatic carbocycles. The first-order valence-electron chi connectivity index (χ1n) is 5.88. The number of hydrogen-bond donors (Lipinski definition) is 2. The Kier molecular flexibility index (Phi) is 3.52. The molecule has 0 bridgehead atoms. The third-order valence-electron chi connectivity index (χ3n) is 3.17. The van der Waals surface area contributed by atoms with Crippen molar-refractivity contribution in [3.63, 3.8) is 0 Å². The van der Waals surface area contributed by atoms with Crippen LogP contribution in [0, 0.1) is 0 Å². The molecular formula is C13H17NO3. The van der Waals surface area contributed by atoms with Gasteiger partial charge in [0.25, 0.3) is 0 Å². The Morgan fingerprint density at radius 2 is 2.12 bits per heavy atom. The van der Waals surface area contributed by atoms with Crippen molar-refractivity contribution >= 4 is 11.7 Å². The maximum absolute atomic E-state index is 11.1. The number of nitrogens with one attached hydrogen (secondary N) is 1. The summed E-state index contributed by atoms with van der Waals surface area (Å²) >= 11 is 0. The molecule has 1 aromatic rings. The van der Waals surface area contributed by atoms with Gasteiger partial charge < -0.3 is 15.2 Å². The van der Waals surface area contributed by atoms with E-state index in [1.807, 2.05) is 0 Å². The van der Waals surface area contributed by atoms with Crippen LogP contribution in [0.3, 0.4) is 0 Å². The molecule has 0 atom stereocenters. The molecule has 1 aromatic carbocycles. The van der Waals surface area contributed by atoms with E-state index in [1.54, 1.807) is 25.3 Å². The third kappa shape index (κ3) is 2.70. The molecule has 2 rings (SSSR count). The first-order chi connectivity index (χ1) is 8.20. The molecule has 0 heterocycles. The van der Waals surface area contributed by atoms with E-state index >= 15 is 0 Å². The standard InChI is InChI=1S/C13H17NO3/c1-17-10-6-7-11(13(15)16)12(8-10)14-9-4-2-3-5-9/h6-9,14H,2-5H2,1H3,(H,15,16). The van der Waals surface area contributed by atoms with Crippen LogP contribution in [0.5, 0.6) is 5.75 Å². The lowest BCUT2D eigenvalue weighted by atomic mass is 10.1. The second kappa shape index (κ2) is 5.08. The highest BCUT2D eigenvalue weighted by molar-refractivity contribution is 5.94. The van der Waals surface area contributed by atoms with Crippen molar-refractivity contribution in [3.8, 4) is 5.75 Å². The summed E-state index contributed by atoms with van der Waals surface area (Å²) in [4.78, 5) is 11.1. The maximum Gasteiger partial charge on any atom is 0.337 e. The maximum atomic E-state index is 11.1. The first kappa shape index (κ1) is 11.8. The number of hydrogen-bond acceptors (Lipinski definition) is 3. The van der Waals surface area contributed by atoms with E-state index in [4.69, 9.17) is 9.84 Å². The van der Waals surface area contributed by atoms with Gasteiger partial charge in [0.1, 0.15) is 5.75 Å². The normalized spacial score (nSPS) is 15.8. The molecule has 0 unspecified atom stereocenters. The van der Waals surface area contributed by atoms with Gasteiger partial charge in [0.05, 0.1) is 18.4 Å². The summed E-state index contributed by atoms with van der Waals surface area (Å²) in [6, 6.07) is 5.39. The van der Waals surface area contributed by atoms with Crippen LogP contribution < -0.4 is 10.1 Å². The van der Waals surface area contributed by atoms with Crippen molar-refractivity contribution < 1.29 is 14.6 Å². The van der Waals surface area contributed by atoms with Crippen LogP contribution in [-0.4, -0.2) is 24.2 Å². The molecule has 0 saturated heterocycles. The Bertz CT molecular complexity index is 411. The van der Waals surface area contributed by atoms with Gasteiger partial charge in [0.2, 0.25) is 0 Å². The van der Waals surface area contributed by atoms with Gasteiger partial charge in [-0.25, -0.2) is 4.79 Å². The van der Waals surface area contributed by atoms with Crippen LogP contribution in [0.25, 0.3) is 0 Å². The second-order valence-electron chi connectivity index (χ2n) is 4.34. The predicted molar refractivity (Wildman–Crippen MR) is 65.8 cm³/mol. The Morgan fingerprint density at radius 1 is 1.41 bits per heavy atom. The Morgan fingerprint density at radius 3 is 2.71 bits per heavy atom. The van der Waals surface area contributed by atoms with Crippen molar-refractivity contribution in [2.24, 2.45) is 0 Å². The zero-order chi connectivity index (χ0) is 12.3. The average molecular weight is 235 g/mol. The summed E-state index contributed by atoms with van der Waals surface area (Å²) < 4.78 is 5.12. The number of anilines is 1. The number of ether oxygens (including phenoxy) is 1. The van der Waals surface area contributed by atoms with Crippen LogP contribution >= 0.6 is 0 Å². The lowest BCUT2D eigenvalue weighted by Gasteiger charge is -2.16. The minimum absolute atomic E-state index is 0.303. The van der Waals surface area contributed by atoms with Crippen molar-refractivity contribution in [2.45, 2.75) is 31.7 Å². The van der Waals surface area contributed by atoms with Gasteiger partial charge in [-0.15, -0.1) is 0 Å². The summed E-state index contributed by atoms with van der Waals surface area (Å²) in [5, 5.41) is 12.4. The number of methoxy groups -OCH3 is 1. The molecule has 2 N–H and O–H groups in total. The van der Waals surface area contributed by atoms with Gasteiger partial charge >= 0.3 is 5.97 Å². The van der Waals surface area contributed by atoms with Gasteiger partial charge in [0, 0.05) is 12.1 Å². The summed E-state index contributed by atoms with van der Waals surface area (Å²) in [7, 11) is 1.58. The highest BCUT2D eigenvalue weighted by Crippen LogP contribution is 2.27. The van der Waals surface area contributed by atoms with Gasteiger partial charge in [-0.3, -0.25) is 0 Å². The van der Waals surface area contributed by atoms with Crippen molar-refractivity contribution in [3.05, 3.63) is 23.8 Å². The minimum Gasteiger partial charge on any atom is -0.497 e. The fourth-order valence-electron chi connectivity index (χ4n) is 2.25. The SMILES string of the molecule is COc1ccc(C(=O)O)c(NC2CCCC2)c1. The van der Waals surface area contributed by atoms with Gasteiger partial charge in [-0.1, -0.05) is 12.8 Å². The molecule has 0 aliphatic heterocycles. The quantitative estimate of drug-likeness (QED) is 0.842. The summed E-state index contributed by atoms with van der Waals surface area (Å²) in [5.74, 6) is -0.233. The van der Waals surface area contributed by atoms with E-state index in [2.05, 4.69) is 5.32 Å². The van der Waals surface area contributed by atoms with Crippen LogP contribution in [-0.2, 0) is 0 Å². The van der Waals surface area contributed by atoms with Crippen LogP contribution in [0.4, 0.5) is 5.69 Å². The van der Waals surface area contributed by atoms with Gasteiger partial charge in [-0.2, -0.15) is 0 Å². The molecule has 1 saturated carbocycles. The fourth-order valence-corrected chi connectivity index (χ4v) is 2.25. The zero-order valence-corrected chi connectivity index (χ0v) is 9.90. The first-order valence-corrected chi connectivity index (χ1v) is 5.88. The van der Waals surface area contributed by atoms with E-state index in [9.17, 15) is 4.79 Å². The molecule has 0 amide bonds. The Hall–Kier alpha value is -1.71. The van der Waals surface area contributed by atoms with Crippen molar-refractivity contribution in [1.29, 1.82) is 0 Å². The third-order valence-corrected chi connectivity index (χ3v) is 3.17. The van der Waals surface area contributed by atoms with E-state index in [0.29, 0.717) is 23.0 Å². The van der Waals surface area contributed by atoms with E-state index in [1.165, 1.54) is 12.8 Å². The average Bonchev–Trinajstić information content (AvgIpc) is 2.81. The summed E-state index contributed by atoms with van der Waals surface area (Å²) in [5.41, 5.74) is 0.960. The summed E-state index contributed by atoms with van der Waals surface area (Å²) in [6.07, 6.45) is 4.64. The van der Waals surface area contributed by atoms with Crippen LogP contribution in [0.1, 0.15) is 36.0 Å². The number of carboxylic acids is 1. The van der Waals surface area contributed by atoms with Crippen LogP contribution in [0.2, 0.25) is 0 Å². The largest absolute Gasteiger partial charge is 0.497 e. The van der Waals surface area contributed by atoms with E-state index in [-0.39, 0.29) is 0 Å². The van der Waals surface area contributed by atoms with Crippen LogP contribution in [0.15, 0.2) is 18.2 Å². The molecular weight excluding hydrogens is 218 g/mol. The Labute approximate surface area is 101 Å². The van der Waals surface area contributed by atoms with Gasteiger partial charge in [-0.05, 0) is 25.0 Å². The predicted octanol–water partition coefficient (Wildman–Crippen LogP) is 2.75. The van der Waals surface area contributed by atoms with Gasteiger partial charge in [0.15, 0.2) is 0 Å². The zero-order valence-electron chi connectivity index (χ0n) is 9.90. The molecule has 0 spiro atoms. The highest BCUT2D eigenvalue weighted by atomic mass is 16.5. The van der Waals surface area contributed by atoms with E-state index < -0.39 is 5.97 Å². The topological polar surface area (TPSA) is 58.6 Å². The molecule has 1 fully saturated rings. The smallest absolute Gasteiger partial charge is 0.337 e. The van der Waals surface area contributed by atoms with Crippen molar-refractivity contribution in [1.82, 2.24) is 0 Å². The number of rotatable bonds is 4. The molecule has 0 radical (unpaired) electrons. The number of carboxylic acid groups (broad SMARTS) is 1. The number of carbonyl (C=O) groups is 1. The highest BCUT2D eigenvalue weighted by Gasteiger charge is 2.18. The number of benzene rings is 1. The van der Waals surface area contributed by atoms with E-state index in [0.717, 1.165) is 12.8 Å².